The second kappa shape index (κ2) is 8.84. The third-order valence-electron chi connectivity index (χ3n) is 5.35. The summed E-state index contributed by atoms with van der Waals surface area (Å²) in [6.07, 6.45) is 6.28. The third-order valence-corrected chi connectivity index (χ3v) is 6.22. The molecule has 0 aliphatic carbocycles. The zero-order chi connectivity index (χ0) is 19.3. The molecule has 4 rings (SSSR count). The maximum Gasteiger partial charge on any atom is 0.275 e. The van der Waals surface area contributed by atoms with E-state index in [4.69, 9.17) is 0 Å². The van der Waals surface area contributed by atoms with Gasteiger partial charge < -0.3 is 5.32 Å². The molecule has 2 aromatic heterocycles. The van der Waals surface area contributed by atoms with Gasteiger partial charge in [-0.25, -0.2) is 4.98 Å². The number of hydrogen-bond acceptors (Lipinski definition) is 6. The van der Waals surface area contributed by atoms with Crippen LogP contribution < -0.4 is 10.9 Å². The van der Waals surface area contributed by atoms with Crippen molar-refractivity contribution < 1.29 is 0 Å². The minimum Gasteiger partial charge on any atom is -0.359 e. The average molecular weight is 398 g/mol. The monoisotopic (exact) mass is 397 g/mol. The summed E-state index contributed by atoms with van der Waals surface area (Å²) in [5.41, 5.74) is 1.49. The second-order valence-electron chi connectivity index (χ2n) is 7.37. The van der Waals surface area contributed by atoms with E-state index >= 15 is 0 Å². The Morgan fingerprint density at radius 1 is 1.25 bits per heavy atom. The number of piperidine rings is 1. The number of likely N-dealkylation sites (tertiary alicyclic amines) is 1. The van der Waals surface area contributed by atoms with Crippen molar-refractivity contribution in [3.05, 3.63) is 46.8 Å². The molecule has 0 amide bonds. The molecule has 1 unspecified atom stereocenters. The first-order valence-electron chi connectivity index (χ1n) is 10.2. The summed E-state index contributed by atoms with van der Waals surface area (Å²) in [5, 5.41) is 8.67. The van der Waals surface area contributed by atoms with Crippen molar-refractivity contribution in [2.45, 2.75) is 45.1 Å². The van der Waals surface area contributed by atoms with Crippen molar-refractivity contribution >= 4 is 21.4 Å². The fraction of sp³-hybridized carbons (Fsp3) is 0.476. The Bertz CT molecular complexity index is 968. The summed E-state index contributed by atoms with van der Waals surface area (Å²) in [6, 6.07) is 11.9. The Morgan fingerprint density at radius 2 is 2.11 bits per heavy atom. The molecule has 3 heterocycles. The smallest absolute Gasteiger partial charge is 0.275 e. The predicted molar refractivity (Wildman–Crippen MR) is 115 cm³/mol. The summed E-state index contributed by atoms with van der Waals surface area (Å²) in [5.74, 6) is 0. The lowest BCUT2D eigenvalue weighted by Crippen LogP contribution is -2.44. The number of hydrogen-bond donors (Lipinski definition) is 1. The molecule has 1 aliphatic heterocycles. The largest absolute Gasteiger partial charge is 0.359 e. The zero-order valence-corrected chi connectivity index (χ0v) is 17.1. The molecule has 0 spiro atoms. The molecule has 148 valence electrons. The molecule has 1 fully saturated rings. The maximum atomic E-state index is 12.5. The van der Waals surface area contributed by atoms with Crippen LogP contribution in [0.15, 0.2) is 41.2 Å². The van der Waals surface area contributed by atoms with Gasteiger partial charge in [-0.1, -0.05) is 61.4 Å². The molecule has 1 aliphatic rings. The molecule has 7 heteroatoms. The number of aromatic nitrogens is 3. The number of nitrogens with zero attached hydrogens (tertiary/aromatic N) is 4. The van der Waals surface area contributed by atoms with Gasteiger partial charge in [0.2, 0.25) is 10.1 Å². The number of fused-ring (bicyclic) bond motifs is 1. The van der Waals surface area contributed by atoms with Crippen molar-refractivity contribution in [3.8, 4) is 11.3 Å². The van der Waals surface area contributed by atoms with Gasteiger partial charge in [-0.3, -0.25) is 9.69 Å². The van der Waals surface area contributed by atoms with Crippen LogP contribution in [0.25, 0.3) is 16.2 Å². The van der Waals surface area contributed by atoms with Crippen molar-refractivity contribution in [2.24, 2.45) is 0 Å². The van der Waals surface area contributed by atoms with Gasteiger partial charge >= 0.3 is 0 Å². The van der Waals surface area contributed by atoms with Crippen LogP contribution in [0.2, 0.25) is 0 Å². The topological polar surface area (TPSA) is 62.5 Å². The maximum absolute atomic E-state index is 12.5. The van der Waals surface area contributed by atoms with E-state index in [2.05, 4.69) is 27.2 Å². The minimum absolute atomic E-state index is 0.143. The first-order chi connectivity index (χ1) is 13.7. The van der Waals surface area contributed by atoms with Gasteiger partial charge in [-0.2, -0.15) is 4.52 Å². The molecule has 6 nitrogen and oxygen atoms in total. The van der Waals surface area contributed by atoms with Gasteiger partial charge in [-0.05, 0) is 32.4 Å². The molecule has 1 N–H and O–H groups in total. The Morgan fingerprint density at radius 3 is 2.93 bits per heavy atom. The number of benzene rings is 1. The standard InChI is InChI=1S/C21H27N5OS/c1-2-3-12-25-13-8-7-11-17(25)15-22-20-24-26-19(27)14-18(23-21(26)28-20)16-9-5-4-6-10-16/h4-6,9-10,14,17H,2-3,7-8,11-13,15H2,1H3,(H,22,24). The molecule has 0 saturated carbocycles. The van der Waals surface area contributed by atoms with Crippen LogP contribution in [-0.2, 0) is 0 Å². The van der Waals surface area contributed by atoms with Gasteiger partial charge in [0.15, 0.2) is 0 Å². The van der Waals surface area contributed by atoms with Gasteiger partial charge in [0, 0.05) is 24.2 Å². The summed E-state index contributed by atoms with van der Waals surface area (Å²) >= 11 is 1.44. The molecule has 28 heavy (non-hydrogen) atoms. The van der Waals surface area contributed by atoms with Crippen LogP contribution in [-0.4, -0.2) is 45.2 Å². The highest BCUT2D eigenvalue weighted by Crippen LogP contribution is 2.22. The van der Waals surface area contributed by atoms with Crippen molar-refractivity contribution in [3.63, 3.8) is 0 Å². The fourth-order valence-corrected chi connectivity index (χ4v) is 4.60. The van der Waals surface area contributed by atoms with Gasteiger partial charge in [-0.15, -0.1) is 5.10 Å². The van der Waals surface area contributed by atoms with E-state index in [1.165, 1.54) is 61.0 Å². The molecule has 0 bridgehead atoms. The minimum atomic E-state index is -0.143. The van der Waals surface area contributed by atoms with Crippen LogP contribution >= 0.6 is 11.3 Å². The Balaban J connectivity index is 1.50. The Labute approximate surface area is 169 Å². The van der Waals surface area contributed by atoms with E-state index in [0.29, 0.717) is 16.7 Å². The van der Waals surface area contributed by atoms with Crippen LogP contribution in [0.5, 0.6) is 0 Å². The van der Waals surface area contributed by atoms with E-state index in [9.17, 15) is 4.79 Å². The predicted octanol–water partition coefficient (Wildman–Crippen LogP) is 3.88. The van der Waals surface area contributed by atoms with E-state index in [1.54, 1.807) is 6.07 Å². The highest BCUT2D eigenvalue weighted by Gasteiger charge is 2.22. The molecular formula is C21H27N5OS. The fourth-order valence-electron chi connectivity index (χ4n) is 3.79. The molecule has 1 saturated heterocycles. The summed E-state index contributed by atoms with van der Waals surface area (Å²) in [4.78, 5) is 20.4. The SMILES string of the molecule is CCCCN1CCCCC1CNc1nn2c(=O)cc(-c3ccccc3)nc2s1. The van der Waals surface area contributed by atoms with Gasteiger partial charge in [0.05, 0.1) is 5.69 Å². The van der Waals surface area contributed by atoms with E-state index in [-0.39, 0.29) is 5.56 Å². The van der Waals surface area contributed by atoms with Crippen molar-refractivity contribution in [1.82, 2.24) is 19.5 Å². The first kappa shape index (κ1) is 19.1. The van der Waals surface area contributed by atoms with Crippen LogP contribution in [0, 0.1) is 0 Å². The van der Waals surface area contributed by atoms with E-state index in [0.717, 1.165) is 17.2 Å². The highest BCUT2D eigenvalue weighted by molar-refractivity contribution is 7.20. The highest BCUT2D eigenvalue weighted by atomic mass is 32.1. The lowest BCUT2D eigenvalue weighted by Gasteiger charge is -2.35. The molecule has 3 aromatic rings. The third kappa shape index (κ3) is 4.25. The second-order valence-corrected chi connectivity index (χ2v) is 8.32. The summed E-state index contributed by atoms with van der Waals surface area (Å²) < 4.78 is 1.40. The zero-order valence-electron chi connectivity index (χ0n) is 16.3. The molecular weight excluding hydrogens is 370 g/mol. The van der Waals surface area contributed by atoms with Gasteiger partial charge in [0.1, 0.15) is 0 Å². The normalized spacial score (nSPS) is 17.8. The number of anilines is 1. The first-order valence-corrected chi connectivity index (χ1v) is 11.0. The van der Waals surface area contributed by atoms with Gasteiger partial charge in [0.25, 0.3) is 5.56 Å². The molecule has 1 atom stereocenters. The van der Waals surface area contributed by atoms with Crippen molar-refractivity contribution in [1.29, 1.82) is 0 Å². The van der Waals surface area contributed by atoms with Crippen LogP contribution in [0.1, 0.15) is 39.0 Å². The summed E-state index contributed by atoms with van der Waals surface area (Å²) in [7, 11) is 0. The lowest BCUT2D eigenvalue weighted by molar-refractivity contribution is 0.154. The van der Waals surface area contributed by atoms with E-state index < -0.39 is 0 Å². The Kier molecular flexibility index (Phi) is 6.02. The molecule has 0 radical (unpaired) electrons. The summed E-state index contributed by atoms with van der Waals surface area (Å²) in [6.45, 7) is 5.47. The number of unbranched alkanes of at least 4 members (excludes halogenated alkanes) is 1. The number of nitrogens with one attached hydrogen (secondary N) is 1. The lowest BCUT2D eigenvalue weighted by atomic mass is 10.0. The number of rotatable bonds is 7. The Hall–Kier alpha value is -2.25. The average Bonchev–Trinajstić information content (AvgIpc) is 3.15. The van der Waals surface area contributed by atoms with Crippen LogP contribution in [0.3, 0.4) is 0 Å². The van der Waals surface area contributed by atoms with Crippen LogP contribution in [0.4, 0.5) is 5.13 Å². The van der Waals surface area contributed by atoms with E-state index in [1.807, 2.05) is 30.3 Å². The van der Waals surface area contributed by atoms with Crippen molar-refractivity contribution in [2.75, 3.05) is 25.0 Å². The molecule has 1 aromatic carbocycles. The quantitative estimate of drug-likeness (QED) is 0.655.